The molecule has 1 aromatic rings. The highest BCUT2D eigenvalue weighted by molar-refractivity contribution is 5.67. The number of benzene rings is 1. The third-order valence-corrected chi connectivity index (χ3v) is 6.13. The Morgan fingerprint density at radius 2 is 1.50 bits per heavy atom. The van der Waals surface area contributed by atoms with E-state index in [9.17, 15) is 5.11 Å². The van der Waals surface area contributed by atoms with Crippen molar-refractivity contribution in [2.24, 2.45) is 0 Å². The molecule has 0 spiro atoms. The molecule has 1 aromatic carbocycles. The van der Waals surface area contributed by atoms with E-state index in [1.54, 1.807) is 0 Å². The molecule has 0 fully saturated rings. The zero-order chi connectivity index (χ0) is 25.0. The Bertz CT molecular complexity index is 713. The Balaban J connectivity index is 1.68. The summed E-state index contributed by atoms with van der Waals surface area (Å²) in [5, 5.41) is 10.6. The molecule has 1 atom stereocenters. The lowest BCUT2D eigenvalue weighted by Crippen LogP contribution is -2.51. The number of aliphatic hydroxyl groups is 1. The Labute approximate surface area is 205 Å². The van der Waals surface area contributed by atoms with E-state index in [4.69, 9.17) is 29.4 Å². The highest BCUT2D eigenvalue weighted by Crippen LogP contribution is 2.40. The molecule has 0 bridgehead atoms. The first-order chi connectivity index (χ1) is 16.3. The summed E-state index contributed by atoms with van der Waals surface area (Å²) in [6.07, 6.45) is 1.07. The third kappa shape index (κ3) is 9.32. The molecule has 1 aliphatic heterocycles. The predicted octanol–water partition coefficient (Wildman–Crippen LogP) is 3.34. The smallest absolute Gasteiger partial charge is 0.172 e. The fraction of sp³-hybridized carbons (Fsp3) is 0.769. The van der Waals surface area contributed by atoms with Gasteiger partial charge in [-0.2, -0.15) is 0 Å². The van der Waals surface area contributed by atoms with E-state index in [0.717, 1.165) is 29.8 Å². The van der Waals surface area contributed by atoms with Crippen molar-refractivity contribution in [2.45, 2.75) is 65.2 Å². The average Bonchev–Trinajstić information content (AvgIpc) is 2.78. The van der Waals surface area contributed by atoms with Crippen LogP contribution in [0.15, 0.2) is 12.1 Å². The number of rotatable bonds is 17. The number of hydrogen-bond donors (Lipinski definition) is 2. The summed E-state index contributed by atoms with van der Waals surface area (Å²) in [7, 11) is 0. The van der Waals surface area contributed by atoms with E-state index in [1.165, 1.54) is 5.56 Å². The molecule has 0 radical (unpaired) electrons. The second kappa shape index (κ2) is 14.9. The SMILES string of the molecule is CCOCCOCCOCCOCCOC(O)CN1c2cc(C(C)C)c(N)cc2CCC1(C)C. The van der Waals surface area contributed by atoms with Crippen molar-refractivity contribution < 1.29 is 28.8 Å². The molecule has 34 heavy (non-hydrogen) atoms. The molecule has 3 N–H and O–H groups in total. The number of ether oxygens (including phenoxy) is 5. The Morgan fingerprint density at radius 1 is 0.941 bits per heavy atom. The number of aryl methyl sites for hydroxylation is 1. The summed E-state index contributed by atoms with van der Waals surface area (Å²) in [5.41, 5.74) is 10.6. The van der Waals surface area contributed by atoms with Gasteiger partial charge in [0, 0.05) is 23.5 Å². The van der Waals surface area contributed by atoms with Crippen LogP contribution in [0.3, 0.4) is 0 Å². The van der Waals surface area contributed by atoms with Gasteiger partial charge >= 0.3 is 0 Å². The van der Waals surface area contributed by atoms with Gasteiger partial charge in [-0.3, -0.25) is 0 Å². The van der Waals surface area contributed by atoms with Crippen molar-refractivity contribution in [3.8, 4) is 0 Å². The molecule has 0 saturated heterocycles. The summed E-state index contributed by atoms with van der Waals surface area (Å²) in [5.74, 6) is 0.340. The zero-order valence-corrected chi connectivity index (χ0v) is 21.8. The van der Waals surface area contributed by atoms with E-state index < -0.39 is 6.29 Å². The van der Waals surface area contributed by atoms with Gasteiger partial charge in [-0.05, 0) is 62.8 Å². The van der Waals surface area contributed by atoms with Gasteiger partial charge in [0.2, 0.25) is 0 Å². The van der Waals surface area contributed by atoms with E-state index >= 15 is 0 Å². The fourth-order valence-electron chi connectivity index (χ4n) is 4.12. The number of nitrogens with two attached hydrogens (primary N) is 1. The van der Waals surface area contributed by atoms with Gasteiger partial charge < -0.3 is 39.4 Å². The summed E-state index contributed by atoms with van der Waals surface area (Å²) in [6, 6.07) is 4.29. The maximum atomic E-state index is 10.6. The summed E-state index contributed by atoms with van der Waals surface area (Å²) >= 11 is 0. The van der Waals surface area contributed by atoms with Crippen molar-refractivity contribution in [2.75, 3.05) is 76.6 Å². The zero-order valence-electron chi connectivity index (χ0n) is 21.8. The van der Waals surface area contributed by atoms with Gasteiger partial charge in [0.15, 0.2) is 6.29 Å². The van der Waals surface area contributed by atoms with E-state index in [-0.39, 0.29) is 5.54 Å². The highest BCUT2D eigenvalue weighted by Gasteiger charge is 2.34. The van der Waals surface area contributed by atoms with Crippen molar-refractivity contribution in [3.63, 3.8) is 0 Å². The van der Waals surface area contributed by atoms with E-state index in [1.807, 2.05) is 6.92 Å². The normalized spacial score (nSPS) is 16.1. The summed E-state index contributed by atoms with van der Waals surface area (Å²) in [4.78, 5) is 2.26. The number of hydrogen-bond acceptors (Lipinski definition) is 8. The first-order valence-electron chi connectivity index (χ1n) is 12.6. The molecular formula is C26H46N2O6. The largest absolute Gasteiger partial charge is 0.398 e. The predicted molar refractivity (Wildman–Crippen MR) is 136 cm³/mol. The molecule has 2 rings (SSSR count). The minimum absolute atomic E-state index is 0.0811. The molecule has 8 heteroatoms. The van der Waals surface area contributed by atoms with Crippen LogP contribution in [0.2, 0.25) is 0 Å². The molecule has 8 nitrogen and oxygen atoms in total. The molecule has 0 aliphatic carbocycles. The lowest BCUT2D eigenvalue weighted by Gasteiger charge is -2.46. The fourth-order valence-corrected chi connectivity index (χ4v) is 4.12. The van der Waals surface area contributed by atoms with Crippen LogP contribution in [-0.4, -0.2) is 82.9 Å². The maximum absolute atomic E-state index is 10.6. The molecule has 1 heterocycles. The molecular weight excluding hydrogens is 436 g/mol. The van der Waals surface area contributed by atoms with Gasteiger partial charge in [-0.25, -0.2) is 0 Å². The third-order valence-electron chi connectivity index (χ3n) is 6.13. The van der Waals surface area contributed by atoms with Crippen molar-refractivity contribution in [3.05, 3.63) is 23.3 Å². The van der Waals surface area contributed by atoms with Crippen molar-refractivity contribution in [1.29, 1.82) is 0 Å². The first-order valence-corrected chi connectivity index (χ1v) is 12.6. The first kappa shape index (κ1) is 28.8. The van der Waals surface area contributed by atoms with Gasteiger partial charge in [0.05, 0.1) is 59.4 Å². The van der Waals surface area contributed by atoms with Crippen LogP contribution in [0, 0.1) is 0 Å². The number of fused-ring (bicyclic) bond motifs is 1. The summed E-state index contributed by atoms with van der Waals surface area (Å²) in [6.45, 7) is 15.7. The van der Waals surface area contributed by atoms with Crippen LogP contribution in [0.4, 0.5) is 11.4 Å². The number of nitrogens with zero attached hydrogens (tertiary/aromatic N) is 1. The van der Waals surface area contributed by atoms with Gasteiger partial charge in [-0.1, -0.05) is 13.8 Å². The van der Waals surface area contributed by atoms with Crippen LogP contribution in [0.25, 0.3) is 0 Å². The minimum Gasteiger partial charge on any atom is -0.398 e. The van der Waals surface area contributed by atoms with Gasteiger partial charge in [0.25, 0.3) is 0 Å². The van der Waals surface area contributed by atoms with Gasteiger partial charge in [-0.15, -0.1) is 0 Å². The number of nitrogen functional groups attached to an aromatic ring is 1. The Morgan fingerprint density at radius 3 is 2.06 bits per heavy atom. The number of aliphatic hydroxyl groups excluding tert-OH is 1. The van der Waals surface area contributed by atoms with E-state index in [2.05, 4.69) is 44.7 Å². The quantitative estimate of drug-likeness (QED) is 0.198. The molecule has 196 valence electrons. The van der Waals surface area contributed by atoms with Crippen LogP contribution in [0.1, 0.15) is 58.1 Å². The lowest BCUT2D eigenvalue weighted by molar-refractivity contribution is -0.109. The lowest BCUT2D eigenvalue weighted by atomic mass is 9.85. The van der Waals surface area contributed by atoms with Crippen LogP contribution >= 0.6 is 0 Å². The monoisotopic (exact) mass is 482 g/mol. The van der Waals surface area contributed by atoms with Gasteiger partial charge in [0.1, 0.15) is 0 Å². The Hall–Kier alpha value is -1.42. The second-order valence-corrected chi connectivity index (χ2v) is 9.55. The average molecular weight is 483 g/mol. The van der Waals surface area contributed by atoms with Crippen LogP contribution in [-0.2, 0) is 30.1 Å². The summed E-state index contributed by atoms with van der Waals surface area (Å²) < 4.78 is 27.2. The maximum Gasteiger partial charge on any atom is 0.172 e. The van der Waals surface area contributed by atoms with E-state index in [0.29, 0.717) is 71.9 Å². The minimum atomic E-state index is -0.904. The number of anilines is 2. The van der Waals surface area contributed by atoms with Crippen LogP contribution < -0.4 is 10.6 Å². The molecule has 0 saturated carbocycles. The molecule has 1 unspecified atom stereocenters. The molecule has 0 aromatic heterocycles. The molecule has 0 amide bonds. The Kier molecular flexibility index (Phi) is 12.6. The highest BCUT2D eigenvalue weighted by atomic mass is 16.6. The second-order valence-electron chi connectivity index (χ2n) is 9.55. The topological polar surface area (TPSA) is 95.6 Å². The molecule has 1 aliphatic rings. The standard InChI is InChI=1S/C26H46N2O6/c1-6-30-9-10-31-11-12-32-13-14-33-15-16-34-25(29)19-28-24-18-22(20(2)3)23(27)17-21(24)7-8-26(28,4)5/h17-18,20,25,29H,6-16,19,27H2,1-5H3. The van der Waals surface area contributed by atoms with Crippen LogP contribution in [0.5, 0.6) is 0 Å². The number of β-amino-alcohol motifs (C(OH)–C–C–N with tert-alkyl or cyclic N) is 1. The van der Waals surface area contributed by atoms with Crippen molar-refractivity contribution in [1.82, 2.24) is 0 Å². The van der Waals surface area contributed by atoms with Crippen molar-refractivity contribution >= 4 is 11.4 Å².